The number of halogens is 4. The van der Waals surface area contributed by atoms with E-state index < -0.39 is 23.8 Å². The van der Waals surface area contributed by atoms with Gasteiger partial charge < -0.3 is 15.2 Å². The van der Waals surface area contributed by atoms with Gasteiger partial charge in [-0.3, -0.25) is 14.7 Å². The van der Waals surface area contributed by atoms with Crippen molar-refractivity contribution in [2.75, 3.05) is 25.5 Å². The monoisotopic (exact) mass is 558 g/mol. The van der Waals surface area contributed by atoms with Gasteiger partial charge in [-0.05, 0) is 48.0 Å². The average Bonchev–Trinajstić information content (AvgIpc) is 3.37. The zero-order chi connectivity index (χ0) is 27.7. The summed E-state index contributed by atoms with van der Waals surface area (Å²) in [5.41, 5.74) is 1.12. The number of β-amino-alcohol motifs (C(OH)–C–C–N with tert-alkyl or cyclic N) is 1. The number of amides is 1. The van der Waals surface area contributed by atoms with Crippen LogP contribution in [0, 0.1) is 0 Å². The van der Waals surface area contributed by atoms with Crippen molar-refractivity contribution in [1.29, 1.82) is 0 Å². The molecule has 0 bridgehead atoms. The maximum atomic E-state index is 13.5. The number of pyridine rings is 1. The summed E-state index contributed by atoms with van der Waals surface area (Å²) in [4.78, 5) is 19.0. The molecule has 1 amide bonds. The molecule has 2 N–H and O–H groups in total. The van der Waals surface area contributed by atoms with Gasteiger partial charge >= 0.3 is 6.18 Å². The zero-order valence-corrected chi connectivity index (χ0v) is 21.2. The first-order valence-corrected chi connectivity index (χ1v) is 12.1. The van der Waals surface area contributed by atoms with E-state index in [0.717, 1.165) is 12.1 Å². The number of anilines is 1. The lowest BCUT2D eigenvalue weighted by Crippen LogP contribution is -2.49. The van der Waals surface area contributed by atoms with Gasteiger partial charge in [0, 0.05) is 42.6 Å². The van der Waals surface area contributed by atoms with E-state index in [1.807, 2.05) is 4.90 Å². The predicted octanol–water partition coefficient (Wildman–Crippen LogP) is 4.44. The van der Waals surface area contributed by atoms with E-state index in [9.17, 15) is 23.1 Å². The predicted molar refractivity (Wildman–Crippen MR) is 137 cm³/mol. The topological polar surface area (TPSA) is 105 Å². The number of methoxy groups -OCH3 is 1. The fourth-order valence-corrected chi connectivity index (χ4v) is 4.37. The number of nitrogens with one attached hydrogen (secondary N) is 1. The summed E-state index contributed by atoms with van der Waals surface area (Å²) in [6.07, 6.45) is -0.334. The molecule has 202 valence electrons. The molecule has 3 heterocycles. The Labute approximate surface area is 225 Å². The number of ether oxygens (including phenoxy) is 1. The van der Waals surface area contributed by atoms with Crippen LogP contribution in [0.3, 0.4) is 0 Å². The maximum absolute atomic E-state index is 13.5. The van der Waals surface area contributed by atoms with E-state index in [1.54, 1.807) is 24.7 Å². The molecule has 0 spiro atoms. The zero-order valence-electron chi connectivity index (χ0n) is 20.5. The van der Waals surface area contributed by atoms with Crippen LogP contribution in [0.15, 0.2) is 61.1 Å². The van der Waals surface area contributed by atoms with Crippen LogP contribution in [0.1, 0.15) is 21.5 Å². The molecule has 0 unspecified atom stereocenters. The Kier molecular flexibility index (Phi) is 7.25. The van der Waals surface area contributed by atoms with Gasteiger partial charge in [-0.25, -0.2) is 4.68 Å². The first kappa shape index (κ1) is 26.6. The lowest BCUT2D eigenvalue weighted by molar-refractivity contribution is -0.137. The van der Waals surface area contributed by atoms with E-state index in [0.29, 0.717) is 41.3 Å². The molecule has 13 heteroatoms. The normalized spacial score (nSPS) is 14.2. The number of aliphatic hydroxyl groups excluding tert-OH is 1. The molecule has 0 saturated carbocycles. The highest BCUT2D eigenvalue weighted by Gasteiger charge is 2.32. The summed E-state index contributed by atoms with van der Waals surface area (Å²) in [6.45, 7) is 0.972. The number of likely N-dealkylation sites (tertiary alicyclic amines) is 1. The van der Waals surface area contributed by atoms with E-state index in [2.05, 4.69) is 20.6 Å². The quantitative estimate of drug-likeness (QED) is 0.345. The smallest absolute Gasteiger partial charge is 0.416 e. The highest BCUT2D eigenvalue weighted by atomic mass is 35.5. The highest BCUT2D eigenvalue weighted by molar-refractivity contribution is 6.32. The van der Waals surface area contributed by atoms with Crippen molar-refractivity contribution in [2.24, 2.45) is 0 Å². The summed E-state index contributed by atoms with van der Waals surface area (Å²) in [5, 5.41) is 20.5. The lowest BCUT2D eigenvalue weighted by Gasteiger charge is -2.36. The van der Waals surface area contributed by atoms with Gasteiger partial charge in [-0.1, -0.05) is 16.8 Å². The Hall–Kier alpha value is -4.00. The fourth-order valence-electron chi connectivity index (χ4n) is 4.17. The van der Waals surface area contributed by atoms with Gasteiger partial charge in [-0.15, -0.1) is 5.10 Å². The Morgan fingerprint density at radius 1 is 1.18 bits per heavy atom. The first-order valence-electron chi connectivity index (χ1n) is 11.7. The Morgan fingerprint density at radius 3 is 2.69 bits per heavy atom. The molecule has 1 saturated heterocycles. The van der Waals surface area contributed by atoms with Gasteiger partial charge in [0.2, 0.25) is 0 Å². The maximum Gasteiger partial charge on any atom is 0.416 e. The third kappa shape index (κ3) is 6.03. The van der Waals surface area contributed by atoms with Gasteiger partial charge in [0.1, 0.15) is 11.4 Å². The molecule has 4 aromatic rings. The van der Waals surface area contributed by atoms with Crippen LogP contribution in [0.5, 0.6) is 5.75 Å². The van der Waals surface area contributed by atoms with Crippen molar-refractivity contribution in [3.05, 3.63) is 82.8 Å². The largest absolute Gasteiger partial charge is 0.495 e. The number of carbonyl (C=O) groups is 1. The van der Waals surface area contributed by atoms with Crippen LogP contribution in [-0.2, 0) is 12.7 Å². The van der Waals surface area contributed by atoms with Gasteiger partial charge in [-0.2, -0.15) is 13.2 Å². The third-order valence-electron chi connectivity index (χ3n) is 6.12. The van der Waals surface area contributed by atoms with E-state index in [1.165, 1.54) is 36.1 Å². The van der Waals surface area contributed by atoms with Crippen LogP contribution < -0.4 is 10.1 Å². The van der Waals surface area contributed by atoms with E-state index in [-0.39, 0.29) is 22.8 Å². The first-order chi connectivity index (χ1) is 18.6. The molecule has 1 aliphatic rings. The minimum atomic E-state index is -4.60. The molecular weight excluding hydrogens is 537 g/mol. The van der Waals surface area contributed by atoms with Gasteiger partial charge in [0.15, 0.2) is 0 Å². The number of carbonyl (C=O) groups excluding carboxylic acids is 1. The van der Waals surface area contributed by atoms with E-state index >= 15 is 0 Å². The second kappa shape index (κ2) is 10.6. The van der Waals surface area contributed by atoms with Crippen LogP contribution in [0.4, 0.5) is 18.9 Å². The molecule has 2 aromatic heterocycles. The molecule has 39 heavy (non-hydrogen) atoms. The summed E-state index contributed by atoms with van der Waals surface area (Å²) < 4.78 is 47.2. The van der Waals surface area contributed by atoms with Crippen LogP contribution in [-0.4, -0.2) is 62.2 Å². The molecule has 5 rings (SSSR count). The molecule has 9 nitrogen and oxygen atoms in total. The molecule has 0 atom stereocenters. The van der Waals surface area contributed by atoms with Crippen molar-refractivity contribution < 1.29 is 27.8 Å². The summed E-state index contributed by atoms with van der Waals surface area (Å²) >= 11 is 6.37. The van der Waals surface area contributed by atoms with Gasteiger partial charge in [0.25, 0.3) is 5.91 Å². The standard InChI is InChI=1S/C26H22ClF3N6O3/c1-39-21-6-17(9-31-10-21)23-14-36(34-33-23)24-7-16(2-3-22(24)27)25(38)32-19-5-15(11-35-12-20(37)13-35)4-18(8-19)26(28,29)30/h2-10,14,20,37H,11-13H2,1H3,(H,32,38). The summed E-state index contributed by atoms with van der Waals surface area (Å²) in [6, 6.07) is 9.57. The number of nitrogens with zero attached hydrogens (tertiary/aromatic N) is 5. The molecule has 0 aliphatic carbocycles. The van der Waals surface area contributed by atoms with Crippen molar-refractivity contribution in [3.8, 4) is 22.7 Å². The van der Waals surface area contributed by atoms with Crippen molar-refractivity contribution in [3.63, 3.8) is 0 Å². The summed E-state index contributed by atoms with van der Waals surface area (Å²) in [5.74, 6) is -0.0890. The Morgan fingerprint density at radius 2 is 1.97 bits per heavy atom. The molecular formula is C26H22ClF3N6O3. The van der Waals surface area contributed by atoms with Crippen LogP contribution in [0.25, 0.3) is 16.9 Å². The molecule has 1 fully saturated rings. The third-order valence-corrected chi connectivity index (χ3v) is 6.43. The number of benzene rings is 2. The lowest BCUT2D eigenvalue weighted by atomic mass is 10.1. The number of aliphatic hydroxyl groups is 1. The highest BCUT2D eigenvalue weighted by Crippen LogP contribution is 2.33. The molecule has 1 aliphatic heterocycles. The van der Waals surface area contributed by atoms with E-state index in [4.69, 9.17) is 16.3 Å². The fraction of sp³-hybridized carbons (Fsp3) is 0.231. The summed E-state index contributed by atoms with van der Waals surface area (Å²) in [7, 11) is 1.52. The van der Waals surface area contributed by atoms with Crippen molar-refractivity contribution in [2.45, 2.75) is 18.8 Å². The Balaban J connectivity index is 1.39. The minimum Gasteiger partial charge on any atom is -0.495 e. The number of rotatable bonds is 7. The van der Waals surface area contributed by atoms with Crippen molar-refractivity contribution >= 4 is 23.2 Å². The Bertz CT molecular complexity index is 1520. The van der Waals surface area contributed by atoms with Crippen LogP contribution >= 0.6 is 11.6 Å². The second-order valence-electron chi connectivity index (χ2n) is 9.05. The van der Waals surface area contributed by atoms with Crippen molar-refractivity contribution in [1.82, 2.24) is 24.9 Å². The molecule has 2 aromatic carbocycles. The minimum absolute atomic E-state index is 0.00374. The molecule has 0 radical (unpaired) electrons. The second-order valence-corrected chi connectivity index (χ2v) is 9.45. The van der Waals surface area contributed by atoms with Crippen LogP contribution in [0.2, 0.25) is 5.02 Å². The average molecular weight is 559 g/mol. The number of alkyl halides is 3. The van der Waals surface area contributed by atoms with Gasteiger partial charge in [0.05, 0.1) is 41.9 Å². The number of hydrogen-bond acceptors (Lipinski definition) is 7. The number of hydrogen-bond donors (Lipinski definition) is 2. The SMILES string of the molecule is COc1cncc(-c2cn(-c3cc(C(=O)Nc4cc(CN5CC(O)C5)cc(C(F)(F)F)c4)ccc3Cl)nn2)c1. The number of aromatic nitrogens is 4.